The van der Waals surface area contributed by atoms with Gasteiger partial charge in [0.2, 0.25) is 0 Å². The molecule has 114 valence electrons. The van der Waals surface area contributed by atoms with Crippen molar-refractivity contribution < 1.29 is 27.8 Å². The van der Waals surface area contributed by atoms with Crippen LogP contribution in [-0.2, 0) is 9.47 Å². The van der Waals surface area contributed by atoms with Crippen LogP contribution in [0.4, 0.5) is 13.2 Å². The highest BCUT2D eigenvalue weighted by atomic mass is 32.2. The van der Waals surface area contributed by atoms with Crippen molar-refractivity contribution in [2.24, 2.45) is 0 Å². The first-order valence-electron chi connectivity index (χ1n) is 6.26. The highest BCUT2D eigenvalue weighted by Gasteiger charge is 2.27. The molecule has 0 amide bonds. The van der Waals surface area contributed by atoms with Crippen LogP contribution in [-0.4, -0.2) is 61.5 Å². The van der Waals surface area contributed by atoms with E-state index >= 15 is 0 Å². The molecule has 0 aromatic carbocycles. The fourth-order valence-electron chi connectivity index (χ4n) is 1.68. The third-order valence-electron chi connectivity index (χ3n) is 2.56. The van der Waals surface area contributed by atoms with E-state index in [1.807, 2.05) is 0 Å². The zero-order valence-electron chi connectivity index (χ0n) is 10.6. The van der Waals surface area contributed by atoms with Gasteiger partial charge in [0.1, 0.15) is 0 Å². The molecule has 0 spiro atoms. The van der Waals surface area contributed by atoms with Crippen LogP contribution in [0.1, 0.15) is 12.8 Å². The highest BCUT2D eigenvalue weighted by molar-refractivity contribution is 8.00. The normalized spacial score (nSPS) is 21.8. The molecule has 1 aliphatic heterocycles. The molecule has 1 aliphatic rings. The van der Waals surface area contributed by atoms with E-state index in [-0.39, 0.29) is 43.3 Å². The molecular formula is C11H20F3NO3S. The quantitative estimate of drug-likeness (QED) is 0.630. The summed E-state index contributed by atoms with van der Waals surface area (Å²) in [6, 6.07) is 0. The van der Waals surface area contributed by atoms with E-state index < -0.39 is 11.6 Å². The Morgan fingerprint density at radius 1 is 1.47 bits per heavy atom. The Bertz CT molecular complexity index is 238. The molecule has 19 heavy (non-hydrogen) atoms. The van der Waals surface area contributed by atoms with Gasteiger partial charge in [0.25, 0.3) is 0 Å². The average molecular weight is 303 g/mol. The van der Waals surface area contributed by atoms with Crippen LogP contribution >= 0.6 is 11.8 Å². The van der Waals surface area contributed by atoms with Crippen molar-refractivity contribution in [2.45, 2.75) is 30.6 Å². The predicted molar refractivity (Wildman–Crippen MR) is 67.2 cm³/mol. The van der Waals surface area contributed by atoms with Gasteiger partial charge in [-0.25, -0.2) is 0 Å². The molecule has 0 aromatic heterocycles. The van der Waals surface area contributed by atoms with E-state index in [2.05, 4.69) is 5.32 Å². The monoisotopic (exact) mass is 303 g/mol. The first kappa shape index (κ1) is 17.0. The zero-order chi connectivity index (χ0) is 14.1. The minimum Gasteiger partial charge on any atom is -0.389 e. The molecule has 2 unspecified atom stereocenters. The standard InChI is InChI=1S/C11H20F3NO3S/c12-11(13,14)19-5-3-15-6-9(16)7-17-8-10-2-1-4-18-10/h9-10,15-16H,1-8H2. The lowest BCUT2D eigenvalue weighted by molar-refractivity contribution is -0.0327. The van der Waals surface area contributed by atoms with Gasteiger partial charge in [0.15, 0.2) is 0 Å². The molecule has 2 N–H and O–H groups in total. The molecule has 1 saturated heterocycles. The molecule has 8 heteroatoms. The van der Waals surface area contributed by atoms with Crippen LogP contribution in [0, 0.1) is 0 Å². The van der Waals surface area contributed by atoms with Crippen molar-refractivity contribution in [3.63, 3.8) is 0 Å². The van der Waals surface area contributed by atoms with E-state index in [0.29, 0.717) is 6.61 Å². The summed E-state index contributed by atoms with van der Waals surface area (Å²) in [5.41, 5.74) is -4.19. The lowest BCUT2D eigenvalue weighted by Crippen LogP contribution is -2.32. The van der Waals surface area contributed by atoms with E-state index in [0.717, 1.165) is 19.4 Å². The minimum absolute atomic E-state index is 0.0625. The number of hydrogen-bond donors (Lipinski definition) is 2. The highest BCUT2D eigenvalue weighted by Crippen LogP contribution is 2.29. The number of alkyl halides is 3. The van der Waals surface area contributed by atoms with Crippen molar-refractivity contribution >= 4 is 11.8 Å². The summed E-state index contributed by atoms with van der Waals surface area (Å²) in [6.45, 7) is 1.81. The van der Waals surface area contributed by atoms with Gasteiger partial charge in [-0.15, -0.1) is 0 Å². The SMILES string of the molecule is OC(CNCCSC(F)(F)F)COCC1CCCO1. The van der Waals surface area contributed by atoms with Crippen LogP contribution in [0.2, 0.25) is 0 Å². The van der Waals surface area contributed by atoms with E-state index in [1.165, 1.54) is 0 Å². The number of thioether (sulfide) groups is 1. The van der Waals surface area contributed by atoms with Gasteiger partial charge in [-0.05, 0) is 24.6 Å². The summed E-state index contributed by atoms with van der Waals surface area (Å²) < 4.78 is 46.1. The summed E-state index contributed by atoms with van der Waals surface area (Å²) in [6.07, 6.45) is 1.42. The summed E-state index contributed by atoms with van der Waals surface area (Å²) >= 11 is -0.0720. The first-order valence-corrected chi connectivity index (χ1v) is 7.25. The van der Waals surface area contributed by atoms with Gasteiger partial charge in [0.05, 0.1) is 25.4 Å². The molecule has 1 rings (SSSR count). The lowest BCUT2D eigenvalue weighted by Gasteiger charge is -2.14. The van der Waals surface area contributed by atoms with Gasteiger partial charge in [0, 0.05) is 25.4 Å². The molecule has 0 radical (unpaired) electrons. The van der Waals surface area contributed by atoms with Crippen molar-refractivity contribution in [1.82, 2.24) is 5.32 Å². The Labute approximate surface area is 115 Å². The van der Waals surface area contributed by atoms with Crippen LogP contribution in [0.15, 0.2) is 0 Å². The largest absolute Gasteiger partial charge is 0.441 e. The Kier molecular flexibility index (Phi) is 8.08. The smallest absolute Gasteiger partial charge is 0.389 e. The maximum absolute atomic E-state index is 11.8. The third-order valence-corrected chi connectivity index (χ3v) is 3.30. The van der Waals surface area contributed by atoms with Crippen molar-refractivity contribution in [3.8, 4) is 0 Å². The molecule has 2 atom stereocenters. The second kappa shape index (κ2) is 9.02. The number of halogens is 3. The van der Waals surface area contributed by atoms with Gasteiger partial charge < -0.3 is 19.9 Å². The van der Waals surface area contributed by atoms with Crippen molar-refractivity contribution in [2.75, 3.05) is 38.7 Å². The maximum atomic E-state index is 11.8. The Morgan fingerprint density at radius 3 is 2.89 bits per heavy atom. The fourth-order valence-corrected chi connectivity index (χ4v) is 2.16. The van der Waals surface area contributed by atoms with E-state index in [4.69, 9.17) is 9.47 Å². The molecule has 0 saturated carbocycles. The number of nitrogens with one attached hydrogen (secondary N) is 1. The van der Waals surface area contributed by atoms with Crippen LogP contribution in [0.5, 0.6) is 0 Å². The topological polar surface area (TPSA) is 50.7 Å². The molecule has 0 aromatic rings. The molecular weight excluding hydrogens is 283 g/mol. The lowest BCUT2D eigenvalue weighted by atomic mass is 10.2. The number of hydrogen-bond acceptors (Lipinski definition) is 5. The average Bonchev–Trinajstić information content (AvgIpc) is 2.80. The summed E-state index contributed by atoms with van der Waals surface area (Å²) in [7, 11) is 0. The molecule has 0 bridgehead atoms. The first-order chi connectivity index (χ1) is 8.97. The van der Waals surface area contributed by atoms with Crippen LogP contribution in [0.25, 0.3) is 0 Å². The maximum Gasteiger partial charge on any atom is 0.441 e. The summed E-state index contributed by atoms with van der Waals surface area (Å²) in [4.78, 5) is 0. The summed E-state index contributed by atoms with van der Waals surface area (Å²) in [5, 5.41) is 12.3. The fraction of sp³-hybridized carbons (Fsp3) is 1.00. The number of aliphatic hydroxyl groups is 1. The predicted octanol–water partition coefficient (Wildman–Crippen LogP) is 1.39. The Balaban J connectivity index is 1.88. The Morgan fingerprint density at radius 2 is 2.26 bits per heavy atom. The Hall–Kier alpha value is -0.0200. The second-order valence-corrected chi connectivity index (χ2v) is 5.48. The number of ether oxygens (including phenoxy) is 2. The van der Waals surface area contributed by atoms with Gasteiger partial charge in [-0.1, -0.05) is 0 Å². The van der Waals surface area contributed by atoms with Crippen LogP contribution < -0.4 is 5.32 Å². The van der Waals surface area contributed by atoms with Gasteiger partial charge in [-0.3, -0.25) is 0 Å². The number of rotatable bonds is 9. The van der Waals surface area contributed by atoms with Gasteiger partial charge >= 0.3 is 5.51 Å². The van der Waals surface area contributed by atoms with E-state index in [1.54, 1.807) is 0 Å². The number of aliphatic hydroxyl groups excluding tert-OH is 1. The zero-order valence-corrected chi connectivity index (χ0v) is 11.4. The minimum atomic E-state index is -4.19. The third kappa shape index (κ3) is 9.50. The van der Waals surface area contributed by atoms with Crippen molar-refractivity contribution in [1.29, 1.82) is 0 Å². The molecule has 1 heterocycles. The van der Waals surface area contributed by atoms with Crippen LogP contribution in [0.3, 0.4) is 0 Å². The van der Waals surface area contributed by atoms with E-state index in [9.17, 15) is 18.3 Å². The molecule has 1 fully saturated rings. The molecule has 0 aliphatic carbocycles. The second-order valence-electron chi connectivity index (χ2n) is 4.32. The summed E-state index contributed by atoms with van der Waals surface area (Å²) in [5.74, 6) is -0.0625. The van der Waals surface area contributed by atoms with Crippen molar-refractivity contribution in [3.05, 3.63) is 0 Å². The molecule has 4 nitrogen and oxygen atoms in total. The van der Waals surface area contributed by atoms with Gasteiger partial charge in [-0.2, -0.15) is 13.2 Å².